The summed E-state index contributed by atoms with van der Waals surface area (Å²) in [6, 6.07) is 5.92. The SMILES string of the molecule is Cn1cc[n+](C)c1[B-]C(Cc1cccc(O)c1)C(F)(F)F. The molecule has 112 valence electrons. The van der Waals surface area contributed by atoms with Gasteiger partial charge in [-0.1, -0.05) is 18.6 Å². The van der Waals surface area contributed by atoms with Crippen molar-refractivity contribution < 1.29 is 22.8 Å². The normalized spacial score (nSPS) is 13.4. The molecular weight excluding hydrogens is 280 g/mol. The molecule has 1 aromatic carbocycles. The molecule has 2 rings (SSSR count). The van der Waals surface area contributed by atoms with E-state index in [1.54, 1.807) is 47.8 Å². The molecule has 0 spiro atoms. The monoisotopic (exact) mass is 296 g/mol. The Morgan fingerprint density at radius 2 is 2.10 bits per heavy atom. The van der Waals surface area contributed by atoms with Crippen LogP contribution in [-0.4, -0.2) is 23.1 Å². The van der Waals surface area contributed by atoms with Crippen molar-refractivity contribution in [1.82, 2.24) is 4.57 Å². The summed E-state index contributed by atoms with van der Waals surface area (Å²) >= 11 is 0. The molecular formula is C14H16BF3N2O. The molecule has 0 fully saturated rings. The largest absolute Gasteiger partial charge is 0.508 e. The Morgan fingerprint density at radius 1 is 1.38 bits per heavy atom. The van der Waals surface area contributed by atoms with Crippen LogP contribution in [0, 0.1) is 0 Å². The summed E-state index contributed by atoms with van der Waals surface area (Å²) in [6.07, 6.45) is -1.15. The lowest BCUT2D eigenvalue weighted by atomic mass is 9.60. The third-order valence-electron chi connectivity index (χ3n) is 3.37. The van der Waals surface area contributed by atoms with Gasteiger partial charge in [0.2, 0.25) is 0 Å². The van der Waals surface area contributed by atoms with Gasteiger partial charge in [-0.15, -0.1) is 5.82 Å². The molecule has 3 nitrogen and oxygen atoms in total. The fourth-order valence-electron chi connectivity index (χ4n) is 2.22. The summed E-state index contributed by atoms with van der Waals surface area (Å²) in [7, 11) is 4.62. The molecule has 2 aromatic rings. The molecule has 1 aromatic heterocycles. The fraction of sp³-hybridized carbons (Fsp3) is 0.357. The highest BCUT2D eigenvalue weighted by Gasteiger charge is 2.32. The van der Waals surface area contributed by atoms with E-state index in [-0.39, 0.29) is 12.2 Å². The van der Waals surface area contributed by atoms with E-state index in [4.69, 9.17) is 0 Å². The van der Waals surface area contributed by atoms with E-state index in [2.05, 4.69) is 0 Å². The van der Waals surface area contributed by atoms with E-state index in [1.807, 2.05) is 0 Å². The predicted octanol–water partition coefficient (Wildman–Crippen LogP) is 1.48. The fourth-order valence-corrected chi connectivity index (χ4v) is 2.22. The zero-order valence-corrected chi connectivity index (χ0v) is 11.8. The van der Waals surface area contributed by atoms with Gasteiger partial charge in [0, 0.05) is 5.72 Å². The van der Waals surface area contributed by atoms with Crippen molar-refractivity contribution in [2.75, 3.05) is 0 Å². The number of alkyl halides is 3. The molecule has 0 saturated heterocycles. The van der Waals surface area contributed by atoms with E-state index in [0.717, 1.165) is 0 Å². The smallest absolute Gasteiger partial charge is 0.357 e. The number of rotatable bonds is 4. The Labute approximate surface area is 121 Å². The van der Waals surface area contributed by atoms with Crippen LogP contribution in [0.15, 0.2) is 36.7 Å². The van der Waals surface area contributed by atoms with Crippen molar-refractivity contribution in [1.29, 1.82) is 0 Å². The van der Waals surface area contributed by atoms with Gasteiger partial charge in [-0.25, -0.2) is 0 Å². The quantitative estimate of drug-likeness (QED) is 0.672. The first-order valence-electron chi connectivity index (χ1n) is 6.48. The van der Waals surface area contributed by atoms with E-state index in [9.17, 15) is 18.3 Å². The van der Waals surface area contributed by atoms with Gasteiger partial charge in [-0.05, 0) is 17.7 Å². The summed E-state index contributed by atoms with van der Waals surface area (Å²) in [5, 5.41) is 9.37. The third kappa shape index (κ3) is 3.80. The van der Waals surface area contributed by atoms with Crippen LogP contribution in [0.1, 0.15) is 5.56 Å². The first-order chi connectivity index (χ1) is 9.77. The first kappa shape index (κ1) is 15.5. The molecule has 1 N–H and O–H groups in total. The molecule has 0 bridgehead atoms. The zero-order valence-electron chi connectivity index (χ0n) is 11.8. The second-order valence-corrected chi connectivity index (χ2v) is 5.07. The number of phenols is 1. The van der Waals surface area contributed by atoms with Crippen LogP contribution in [0.5, 0.6) is 5.75 Å². The second-order valence-electron chi connectivity index (χ2n) is 5.07. The number of halogens is 3. The van der Waals surface area contributed by atoms with Crippen LogP contribution in [0.25, 0.3) is 0 Å². The number of nitrogens with zero attached hydrogens (tertiary/aromatic N) is 2. The zero-order chi connectivity index (χ0) is 15.6. The average molecular weight is 296 g/mol. The van der Waals surface area contributed by atoms with E-state index in [1.165, 1.54) is 19.4 Å². The van der Waals surface area contributed by atoms with Crippen molar-refractivity contribution in [2.45, 2.75) is 18.4 Å². The van der Waals surface area contributed by atoms with Crippen molar-refractivity contribution in [2.24, 2.45) is 14.1 Å². The minimum absolute atomic E-state index is 0.0298. The Kier molecular flexibility index (Phi) is 4.30. The maximum atomic E-state index is 13.2. The highest BCUT2D eigenvalue weighted by molar-refractivity contribution is 6.52. The van der Waals surface area contributed by atoms with Crippen LogP contribution in [-0.2, 0) is 20.5 Å². The molecule has 0 amide bonds. The molecule has 21 heavy (non-hydrogen) atoms. The third-order valence-corrected chi connectivity index (χ3v) is 3.37. The Hall–Kier alpha value is -1.92. The van der Waals surface area contributed by atoms with Crippen LogP contribution < -0.4 is 10.3 Å². The van der Waals surface area contributed by atoms with Gasteiger partial charge in [-0.2, -0.15) is 20.5 Å². The summed E-state index contributed by atoms with van der Waals surface area (Å²) in [5.41, 5.74) is 0.933. The summed E-state index contributed by atoms with van der Waals surface area (Å²) < 4.78 is 43.0. The lowest BCUT2D eigenvalue weighted by molar-refractivity contribution is -0.653. The van der Waals surface area contributed by atoms with Gasteiger partial charge in [0.05, 0.1) is 14.1 Å². The number of imidazole rings is 1. The standard InChI is InChI=1S/C14H15BF3N2O/c1-19-6-7-20(2)13(19)15-12(14(16,17)18)9-10-4-3-5-11(21)8-10/h3-8,12H,9H2,1-2H3/q-1/p+1. The van der Waals surface area contributed by atoms with Crippen molar-refractivity contribution in [3.05, 3.63) is 42.2 Å². The molecule has 2 radical (unpaired) electrons. The molecule has 7 heteroatoms. The summed E-state index contributed by atoms with van der Waals surface area (Å²) in [5.74, 6) is -1.64. The number of aromatic hydroxyl groups is 1. The lowest BCUT2D eigenvalue weighted by Crippen LogP contribution is -2.52. The van der Waals surface area contributed by atoms with Crippen LogP contribution >= 0.6 is 0 Å². The van der Waals surface area contributed by atoms with E-state index >= 15 is 0 Å². The first-order valence-corrected chi connectivity index (χ1v) is 6.48. The second kappa shape index (κ2) is 5.83. The van der Waals surface area contributed by atoms with Gasteiger partial charge in [-0.3, -0.25) is 9.13 Å². The number of hydrogen-bond acceptors (Lipinski definition) is 1. The number of benzene rings is 1. The van der Waals surface area contributed by atoms with Crippen LogP contribution in [0.2, 0.25) is 5.82 Å². The highest BCUT2D eigenvalue weighted by atomic mass is 19.4. The molecule has 0 aliphatic heterocycles. The number of hydrogen-bond donors (Lipinski definition) is 1. The van der Waals surface area contributed by atoms with Gasteiger partial charge in [0.15, 0.2) is 0 Å². The minimum Gasteiger partial charge on any atom is -0.508 e. The van der Waals surface area contributed by atoms with Gasteiger partial charge < -0.3 is 5.11 Å². The molecule has 1 atom stereocenters. The molecule has 1 heterocycles. The van der Waals surface area contributed by atoms with Crippen LogP contribution in [0.4, 0.5) is 13.2 Å². The Morgan fingerprint density at radius 3 is 2.62 bits per heavy atom. The van der Waals surface area contributed by atoms with E-state index < -0.39 is 12.0 Å². The minimum atomic E-state index is -4.34. The summed E-state index contributed by atoms with van der Waals surface area (Å²) in [6.45, 7) is 0. The lowest BCUT2D eigenvalue weighted by Gasteiger charge is -2.29. The summed E-state index contributed by atoms with van der Waals surface area (Å²) in [4.78, 5) is 0. The molecule has 0 aliphatic rings. The van der Waals surface area contributed by atoms with Crippen molar-refractivity contribution in [3.63, 3.8) is 0 Å². The van der Waals surface area contributed by atoms with Gasteiger partial charge in [0.1, 0.15) is 18.1 Å². The van der Waals surface area contributed by atoms with E-state index in [0.29, 0.717) is 11.3 Å². The molecule has 1 unspecified atom stereocenters. The van der Waals surface area contributed by atoms with Gasteiger partial charge >= 0.3 is 6.18 Å². The van der Waals surface area contributed by atoms with Crippen molar-refractivity contribution in [3.8, 4) is 5.75 Å². The number of aryl methyl sites for hydroxylation is 2. The maximum Gasteiger partial charge on any atom is 0.357 e. The van der Waals surface area contributed by atoms with Gasteiger partial charge in [0.25, 0.3) is 0 Å². The topological polar surface area (TPSA) is 29.0 Å². The van der Waals surface area contributed by atoms with Crippen LogP contribution in [0.3, 0.4) is 0 Å². The highest BCUT2D eigenvalue weighted by Crippen LogP contribution is 2.33. The predicted molar refractivity (Wildman–Crippen MR) is 73.6 cm³/mol. The molecule has 0 aliphatic carbocycles. The Balaban J connectivity index is 2.24. The number of aromatic nitrogens is 2. The Bertz CT molecular complexity index is 605. The maximum absolute atomic E-state index is 13.2. The molecule has 0 saturated carbocycles. The number of phenolic OH excluding ortho intramolecular Hbond substituents is 1. The van der Waals surface area contributed by atoms with Crippen molar-refractivity contribution >= 4 is 13.0 Å². The average Bonchev–Trinajstić information content (AvgIpc) is 2.68.